The van der Waals surface area contributed by atoms with Crippen LogP contribution in [0.5, 0.6) is 0 Å². The van der Waals surface area contributed by atoms with Crippen LogP contribution in [-0.4, -0.2) is 71.6 Å². The van der Waals surface area contributed by atoms with E-state index in [2.05, 4.69) is 25.4 Å². The average Bonchev–Trinajstić information content (AvgIpc) is 3.51. The van der Waals surface area contributed by atoms with Crippen molar-refractivity contribution in [3.63, 3.8) is 0 Å². The van der Waals surface area contributed by atoms with Crippen molar-refractivity contribution in [3.05, 3.63) is 30.2 Å². The van der Waals surface area contributed by atoms with Crippen LogP contribution in [-0.2, 0) is 6.54 Å². The first-order valence-electron chi connectivity index (χ1n) is 11.9. The van der Waals surface area contributed by atoms with Crippen molar-refractivity contribution < 1.29 is 17.6 Å². The largest absolute Gasteiger partial charge is 0.382 e. The average molecular weight is 504 g/mol. The monoisotopic (exact) mass is 503 g/mol. The Kier molecular flexibility index (Phi) is 5.28. The summed E-state index contributed by atoms with van der Waals surface area (Å²) in [5, 5.41) is 7.14. The van der Waals surface area contributed by atoms with E-state index in [1.807, 2.05) is 4.90 Å². The van der Waals surface area contributed by atoms with E-state index in [1.54, 1.807) is 31.3 Å². The van der Waals surface area contributed by atoms with Gasteiger partial charge in [-0.25, -0.2) is 32.0 Å². The summed E-state index contributed by atoms with van der Waals surface area (Å²) in [6.07, 6.45) is 1.32. The summed E-state index contributed by atoms with van der Waals surface area (Å²) < 4.78 is 58.6. The molecule has 5 heterocycles. The Bertz CT molecular complexity index is 1440. The van der Waals surface area contributed by atoms with Crippen LogP contribution in [0, 0.1) is 6.92 Å². The lowest BCUT2D eigenvalue weighted by atomic mass is 10.0. The number of nitrogen functional groups attached to an aromatic ring is 1. The molecule has 2 aliphatic rings. The molecule has 2 fully saturated rings. The molecule has 36 heavy (non-hydrogen) atoms. The maximum absolute atomic E-state index is 14.8. The molecular formula is C23H25F4N9. The maximum atomic E-state index is 14.8. The van der Waals surface area contributed by atoms with Crippen molar-refractivity contribution in [2.75, 3.05) is 24.1 Å². The molecule has 1 aliphatic carbocycles. The maximum Gasteiger partial charge on any atom is 0.280 e. The fraction of sp³-hybridized carbons (Fsp3) is 0.478. The minimum atomic E-state index is -2.92. The van der Waals surface area contributed by atoms with E-state index in [4.69, 9.17) is 5.73 Å². The van der Waals surface area contributed by atoms with E-state index < -0.39 is 24.9 Å². The molecule has 0 unspecified atom stereocenters. The van der Waals surface area contributed by atoms with E-state index in [0.29, 0.717) is 40.3 Å². The molecular weight excluding hydrogens is 478 g/mol. The number of halogens is 4. The highest BCUT2D eigenvalue weighted by Gasteiger charge is 2.48. The molecule has 1 saturated heterocycles. The minimum absolute atomic E-state index is 0.0146. The second-order valence-electron chi connectivity index (χ2n) is 9.49. The molecule has 4 aromatic heterocycles. The minimum Gasteiger partial charge on any atom is -0.382 e. The number of imidazole rings is 1. The van der Waals surface area contributed by atoms with E-state index >= 15 is 0 Å². The van der Waals surface area contributed by atoms with E-state index in [1.165, 1.54) is 9.08 Å². The lowest BCUT2D eigenvalue weighted by Gasteiger charge is -2.38. The quantitative estimate of drug-likeness (QED) is 0.388. The summed E-state index contributed by atoms with van der Waals surface area (Å²) >= 11 is 0. The zero-order chi connectivity index (χ0) is 25.2. The van der Waals surface area contributed by atoms with E-state index in [9.17, 15) is 17.6 Å². The Morgan fingerprint density at radius 1 is 1.14 bits per heavy atom. The number of alkyl halides is 4. The standard InChI is InChI=1S/C23H25F4N9/c1-12-29-16-5-4-15(30-21(16)35(12)10-18(24)25)14-6-9-36-19(14)20(28)32-22(33-36)31-17-7-8-34(13-2-3-13)11-23(17,26)27/h4-6,9,13,17-18H,2-3,7-8,10-11H2,1H3,(H3,28,31,32,33)/t17-/m1/s1. The van der Waals surface area contributed by atoms with Gasteiger partial charge in [0.2, 0.25) is 5.95 Å². The van der Waals surface area contributed by atoms with Gasteiger partial charge in [-0.3, -0.25) is 4.90 Å². The number of nitrogens with two attached hydrogens (primary N) is 1. The molecule has 9 nitrogen and oxygen atoms in total. The third-order valence-electron chi connectivity index (χ3n) is 6.91. The molecule has 4 aromatic rings. The number of pyridine rings is 1. The van der Waals surface area contributed by atoms with Gasteiger partial charge in [-0.1, -0.05) is 0 Å². The Morgan fingerprint density at radius 2 is 1.94 bits per heavy atom. The van der Waals surface area contributed by atoms with Gasteiger partial charge in [0.15, 0.2) is 11.5 Å². The number of anilines is 2. The highest BCUT2D eigenvalue weighted by Crippen LogP contribution is 2.36. The number of rotatable bonds is 6. The Morgan fingerprint density at radius 3 is 2.67 bits per heavy atom. The number of nitrogens with one attached hydrogen (secondary N) is 1. The predicted octanol–water partition coefficient (Wildman–Crippen LogP) is 3.58. The Labute approximate surface area is 203 Å². The molecule has 13 heteroatoms. The summed E-state index contributed by atoms with van der Waals surface area (Å²) in [6.45, 7) is 1.45. The molecule has 190 valence electrons. The van der Waals surface area contributed by atoms with Crippen LogP contribution >= 0.6 is 0 Å². The number of aromatic nitrogens is 6. The molecule has 0 spiro atoms. The summed E-state index contributed by atoms with van der Waals surface area (Å²) in [5.41, 5.74) is 8.60. The van der Waals surface area contributed by atoms with Crippen LogP contribution in [0.15, 0.2) is 24.4 Å². The molecule has 3 N–H and O–H groups in total. The smallest absolute Gasteiger partial charge is 0.280 e. The highest BCUT2D eigenvalue weighted by molar-refractivity contribution is 5.88. The van der Waals surface area contributed by atoms with Crippen LogP contribution < -0.4 is 11.1 Å². The Hall–Kier alpha value is -3.48. The van der Waals surface area contributed by atoms with Gasteiger partial charge in [-0.15, -0.1) is 5.10 Å². The lowest BCUT2D eigenvalue weighted by Crippen LogP contribution is -2.55. The molecule has 1 atom stereocenters. The topological polar surface area (TPSA) is 102 Å². The summed E-state index contributed by atoms with van der Waals surface area (Å²) in [7, 11) is 0. The fourth-order valence-electron chi connectivity index (χ4n) is 4.99. The molecule has 0 bridgehead atoms. The van der Waals surface area contributed by atoms with Crippen LogP contribution in [0.2, 0.25) is 0 Å². The molecule has 1 saturated carbocycles. The first kappa shape index (κ1) is 23.0. The molecule has 0 radical (unpaired) electrons. The van der Waals surface area contributed by atoms with Gasteiger partial charge in [0.1, 0.15) is 16.9 Å². The number of nitrogens with zero attached hydrogens (tertiary/aromatic N) is 7. The number of likely N-dealkylation sites (tertiary alicyclic amines) is 1. The normalized spacial score (nSPS) is 20.6. The number of hydrogen-bond donors (Lipinski definition) is 2. The van der Waals surface area contributed by atoms with Crippen LogP contribution in [0.25, 0.3) is 27.9 Å². The van der Waals surface area contributed by atoms with Gasteiger partial charge < -0.3 is 15.6 Å². The van der Waals surface area contributed by atoms with Crippen molar-refractivity contribution in [2.45, 2.75) is 57.2 Å². The predicted molar refractivity (Wildman–Crippen MR) is 126 cm³/mol. The van der Waals surface area contributed by atoms with Crippen molar-refractivity contribution in [2.24, 2.45) is 0 Å². The zero-order valence-electron chi connectivity index (χ0n) is 19.5. The second kappa shape index (κ2) is 8.29. The zero-order valence-corrected chi connectivity index (χ0v) is 19.5. The van der Waals surface area contributed by atoms with E-state index in [0.717, 1.165) is 12.8 Å². The highest BCUT2D eigenvalue weighted by atomic mass is 19.3. The van der Waals surface area contributed by atoms with Gasteiger partial charge >= 0.3 is 0 Å². The number of fused-ring (bicyclic) bond motifs is 2. The SMILES string of the molecule is Cc1nc2ccc(-c3ccn4nc(N[C@@H]5CCN(C6CC6)CC5(F)F)nc(N)c34)nc2n1CC(F)F. The van der Waals surface area contributed by atoms with Crippen LogP contribution in [0.1, 0.15) is 25.1 Å². The first-order chi connectivity index (χ1) is 17.2. The molecule has 0 amide bonds. The van der Waals surface area contributed by atoms with Gasteiger partial charge in [-0.05, 0) is 44.4 Å². The summed E-state index contributed by atoms with van der Waals surface area (Å²) in [4.78, 5) is 15.0. The van der Waals surface area contributed by atoms with Gasteiger partial charge in [0, 0.05) is 24.3 Å². The summed E-state index contributed by atoms with van der Waals surface area (Å²) in [6, 6.07) is 4.34. The van der Waals surface area contributed by atoms with Crippen molar-refractivity contribution in [1.82, 2.24) is 34.0 Å². The van der Waals surface area contributed by atoms with Gasteiger partial charge in [0.05, 0.1) is 24.8 Å². The first-order valence-corrected chi connectivity index (χ1v) is 11.9. The number of piperidine rings is 1. The fourth-order valence-corrected chi connectivity index (χ4v) is 4.99. The van der Waals surface area contributed by atoms with E-state index in [-0.39, 0.29) is 30.8 Å². The number of hydrogen-bond acceptors (Lipinski definition) is 7. The lowest BCUT2D eigenvalue weighted by molar-refractivity contribution is -0.0761. The molecule has 1 aliphatic heterocycles. The molecule has 6 rings (SSSR count). The van der Waals surface area contributed by atoms with Crippen LogP contribution in [0.4, 0.5) is 29.3 Å². The second-order valence-corrected chi connectivity index (χ2v) is 9.49. The third-order valence-corrected chi connectivity index (χ3v) is 6.91. The summed E-state index contributed by atoms with van der Waals surface area (Å²) in [5.74, 6) is -2.38. The number of aryl methyl sites for hydroxylation is 1. The van der Waals surface area contributed by atoms with Gasteiger partial charge in [-0.2, -0.15) is 4.98 Å². The molecule has 0 aromatic carbocycles. The van der Waals surface area contributed by atoms with Crippen molar-refractivity contribution >= 4 is 28.4 Å². The van der Waals surface area contributed by atoms with Gasteiger partial charge in [0.25, 0.3) is 12.3 Å². The van der Waals surface area contributed by atoms with Crippen molar-refractivity contribution in [3.8, 4) is 11.3 Å². The Balaban J connectivity index is 1.30. The van der Waals surface area contributed by atoms with Crippen molar-refractivity contribution in [1.29, 1.82) is 0 Å². The third kappa shape index (κ3) is 4.00. The van der Waals surface area contributed by atoms with Crippen LogP contribution in [0.3, 0.4) is 0 Å².